The van der Waals surface area contributed by atoms with E-state index < -0.39 is 0 Å². The predicted octanol–water partition coefficient (Wildman–Crippen LogP) is 4.41. The Kier molecular flexibility index (Phi) is 7.41. The summed E-state index contributed by atoms with van der Waals surface area (Å²) in [6, 6.07) is 9.66. The van der Waals surface area contributed by atoms with Crippen LogP contribution in [0, 0.1) is 0 Å². The number of nitrogens with zero attached hydrogens (tertiary/aromatic N) is 4. The van der Waals surface area contributed by atoms with Crippen molar-refractivity contribution in [3.8, 4) is 0 Å². The van der Waals surface area contributed by atoms with Crippen LogP contribution >= 0.6 is 0 Å². The number of methoxy groups -OCH3 is 1. The van der Waals surface area contributed by atoms with E-state index in [-0.39, 0.29) is 12.0 Å². The molecule has 0 atom stereocenters. The zero-order valence-corrected chi connectivity index (χ0v) is 21.3. The molecule has 1 aromatic carbocycles. The fourth-order valence-corrected chi connectivity index (χ4v) is 4.81. The van der Waals surface area contributed by atoms with Gasteiger partial charge in [-0.15, -0.1) is 0 Å². The number of hydrogen-bond donors (Lipinski definition) is 0. The lowest BCUT2D eigenvalue weighted by Gasteiger charge is -2.36. The number of ether oxygens (including phenoxy) is 2. The van der Waals surface area contributed by atoms with E-state index >= 15 is 0 Å². The topological polar surface area (TPSA) is 75.2 Å². The van der Waals surface area contributed by atoms with Crippen molar-refractivity contribution in [3.63, 3.8) is 0 Å². The highest BCUT2D eigenvalue weighted by molar-refractivity contribution is 5.96. The van der Waals surface area contributed by atoms with Crippen molar-refractivity contribution in [3.05, 3.63) is 53.2 Å². The van der Waals surface area contributed by atoms with Crippen LogP contribution in [-0.2, 0) is 9.47 Å². The van der Waals surface area contributed by atoms with Crippen molar-refractivity contribution in [2.75, 3.05) is 62.8 Å². The molecule has 4 aliphatic rings. The number of carbonyl (C=O) groups excluding carboxylic acids is 2. The van der Waals surface area contributed by atoms with Gasteiger partial charge in [0.25, 0.3) is 5.91 Å². The summed E-state index contributed by atoms with van der Waals surface area (Å²) < 4.78 is 9.53. The van der Waals surface area contributed by atoms with Gasteiger partial charge in [0.2, 0.25) is 0 Å². The zero-order chi connectivity index (χ0) is 25.1. The number of carbonyl (C=O) groups is 2. The zero-order valence-electron chi connectivity index (χ0n) is 21.3. The van der Waals surface area contributed by atoms with E-state index in [2.05, 4.69) is 21.9 Å². The minimum absolute atomic E-state index is 0.0413. The first kappa shape index (κ1) is 24.6. The Morgan fingerprint density at radius 3 is 2.25 bits per heavy atom. The van der Waals surface area contributed by atoms with Crippen LogP contribution in [-0.4, -0.2) is 74.9 Å². The Morgan fingerprint density at radius 2 is 1.69 bits per heavy atom. The van der Waals surface area contributed by atoms with Gasteiger partial charge in [-0.3, -0.25) is 9.69 Å². The van der Waals surface area contributed by atoms with Gasteiger partial charge in [-0.05, 0) is 79.8 Å². The summed E-state index contributed by atoms with van der Waals surface area (Å²) in [5.41, 5.74) is 4.25. The Morgan fingerprint density at radius 1 is 1.03 bits per heavy atom. The molecule has 0 N–H and O–H groups in total. The average molecular weight is 493 g/mol. The Labute approximate surface area is 213 Å². The number of amides is 2. The standard InChI is InChI=1S/C25H28N4O3.C3H8O/c30-24(19-5-7-21(8-6-19)29-13-14-32-25(29)31)28-11-9-27(10-12-28)23-22(18-3-4-18)15-20(16-26-23)17-1-2-17;1-3-4-2/h5-8,15-18H,1-4,9-14H2;3H2,1-2H3. The molecule has 2 aliphatic carbocycles. The molecule has 0 radical (unpaired) electrons. The maximum atomic E-state index is 13.0. The van der Waals surface area contributed by atoms with Gasteiger partial charge in [0, 0.05) is 57.3 Å². The highest BCUT2D eigenvalue weighted by atomic mass is 16.6. The van der Waals surface area contributed by atoms with Crippen molar-refractivity contribution in [2.24, 2.45) is 0 Å². The van der Waals surface area contributed by atoms with E-state index in [1.807, 2.05) is 24.0 Å². The average Bonchev–Trinajstić information content (AvgIpc) is 3.86. The van der Waals surface area contributed by atoms with Gasteiger partial charge >= 0.3 is 6.09 Å². The lowest BCUT2D eigenvalue weighted by molar-refractivity contribution is 0.0746. The third kappa shape index (κ3) is 5.48. The molecular formula is C28H36N4O4. The second-order valence-electron chi connectivity index (χ2n) is 9.90. The van der Waals surface area contributed by atoms with Crippen molar-refractivity contribution in [1.82, 2.24) is 9.88 Å². The number of pyridine rings is 1. The highest BCUT2D eigenvalue weighted by Gasteiger charge is 2.33. The minimum atomic E-state index is -0.329. The molecule has 0 bridgehead atoms. The van der Waals surface area contributed by atoms with E-state index in [9.17, 15) is 9.59 Å². The van der Waals surface area contributed by atoms with Crippen LogP contribution in [0.5, 0.6) is 0 Å². The van der Waals surface area contributed by atoms with E-state index in [1.54, 1.807) is 24.1 Å². The number of piperazine rings is 1. The van der Waals surface area contributed by atoms with Crippen LogP contribution in [0.4, 0.5) is 16.3 Å². The molecule has 8 heteroatoms. The van der Waals surface area contributed by atoms with Gasteiger partial charge in [-0.1, -0.05) is 6.07 Å². The summed E-state index contributed by atoms with van der Waals surface area (Å²) in [6.45, 7) is 6.72. The van der Waals surface area contributed by atoms with E-state index in [1.165, 1.54) is 36.8 Å². The van der Waals surface area contributed by atoms with E-state index in [0.29, 0.717) is 37.7 Å². The van der Waals surface area contributed by atoms with Gasteiger partial charge in [-0.25, -0.2) is 9.78 Å². The van der Waals surface area contributed by atoms with Crippen LogP contribution in [0.1, 0.15) is 65.9 Å². The van der Waals surface area contributed by atoms with Gasteiger partial charge in [-0.2, -0.15) is 0 Å². The van der Waals surface area contributed by atoms with Crippen molar-refractivity contribution >= 4 is 23.5 Å². The van der Waals surface area contributed by atoms with Crippen LogP contribution in [0.3, 0.4) is 0 Å². The Hall–Kier alpha value is -3.13. The second kappa shape index (κ2) is 10.9. The van der Waals surface area contributed by atoms with E-state index in [0.717, 1.165) is 37.1 Å². The molecule has 8 nitrogen and oxygen atoms in total. The summed E-state index contributed by atoms with van der Waals surface area (Å²) in [5, 5.41) is 0. The molecule has 2 saturated carbocycles. The Balaban J connectivity index is 0.000000623. The molecule has 192 valence electrons. The van der Waals surface area contributed by atoms with Crippen LogP contribution in [0.25, 0.3) is 0 Å². The smallest absolute Gasteiger partial charge is 0.414 e. The molecule has 6 rings (SSSR count). The first-order chi connectivity index (χ1) is 17.6. The lowest BCUT2D eigenvalue weighted by atomic mass is 10.1. The number of cyclic esters (lactones) is 1. The molecule has 0 unspecified atom stereocenters. The molecule has 2 aliphatic heterocycles. The predicted molar refractivity (Wildman–Crippen MR) is 139 cm³/mol. The second-order valence-corrected chi connectivity index (χ2v) is 9.90. The van der Waals surface area contributed by atoms with Gasteiger partial charge in [0.15, 0.2) is 0 Å². The number of anilines is 2. The SMILES string of the molecule is CCOC.O=C(c1ccc(N2CCOC2=O)cc1)N1CCN(c2ncc(C3CC3)cc2C2CC2)CC1. The van der Waals surface area contributed by atoms with Crippen LogP contribution in [0.2, 0.25) is 0 Å². The maximum Gasteiger partial charge on any atom is 0.414 e. The number of hydrogen-bond acceptors (Lipinski definition) is 6. The van der Waals surface area contributed by atoms with Gasteiger partial charge < -0.3 is 19.3 Å². The fraction of sp³-hybridized carbons (Fsp3) is 0.536. The van der Waals surface area contributed by atoms with Crippen molar-refractivity contribution in [1.29, 1.82) is 0 Å². The maximum absolute atomic E-state index is 13.0. The third-order valence-electron chi connectivity index (χ3n) is 7.32. The summed E-state index contributed by atoms with van der Waals surface area (Å²) in [5.74, 6) is 2.57. The summed E-state index contributed by atoms with van der Waals surface area (Å²) in [7, 11) is 1.68. The molecule has 1 aromatic heterocycles. The monoisotopic (exact) mass is 492 g/mol. The molecule has 36 heavy (non-hydrogen) atoms. The first-order valence-electron chi connectivity index (χ1n) is 13.2. The summed E-state index contributed by atoms with van der Waals surface area (Å²) in [4.78, 5) is 35.5. The van der Waals surface area contributed by atoms with Crippen molar-refractivity contribution < 1.29 is 19.1 Å². The molecule has 2 saturated heterocycles. The fourth-order valence-electron chi connectivity index (χ4n) is 4.81. The highest BCUT2D eigenvalue weighted by Crippen LogP contribution is 2.47. The number of benzene rings is 1. The minimum Gasteiger partial charge on any atom is -0.447 e. The summed E-state index contributed by atoms with van der Waals surface area (Å²) >= 11 is 0. The molecule has 2 aromatic rings. The molecule has 0 spiro atoms. The largest absolute Gasteiger partial charge is 0.447 e. The molecule has 3 heterocycles. The molecule has 4 fully saturated rings. The molecule has 2 amide bonds. The van der Waals surface area contributed by atoms with Gasteiger partial charge in [0.05, 0.1) is 6.54 Å². The normalized spacial score (nSPS) is 19.6. The lowest BCUT2D eigenvalue weighted by Crippen LogP contribution is -2.49. The van der Waals surface area contributed by atoms with E-state index in [4.69, 9.17) is 9.72 Å². The number of rotatable bonds is 6. The van der Waals surface area contributed by atoms with Crippen molar-refractivity contribution in [2.45, 2.75) is 44.4 Å². The number of aromatic nitrogens is 1. The quantitative estimate of drug-likeness (QED) is 0.595. The third-order valence-corrected chi connectivity index (χ3v) is 7.32. The van der Waals surface area contributed by atoms with Gasteiger partial charge in [0.1, 0.15) is 12.4 Å². The first-order valence-corrected chi connectivity index (χ1v) is 13.2. The van der Waals surface area contributed by atoms with Crippen LogP contribution in [0.15, 0.2) is 36.5 Å². The Bertz CT molecular complexity index is 1070. The summed E-state index contributed by atoms with van der Waals surface area (Å²) in [6.07, 6.45) is 6.89. The molecular weight excluding hydrogens is 456 g/mol. The van der Waals surface area contributed by atoms with Crippen LogP contribution < -0.4 is 9.80 Å².